The first-order chi connectivity index (χ1) is 24.5. The number of rotatable bonds is 38. The molecule has 0 aliphatic heterocycles. The fraction of sp³-hybridized carbons (Fsp3) is 0.800. The van der Waals surface area contributed by atoms with E-state index >= 15 is 0 Å². The molecule has 3 unspecified atom stereocenters. The van der Waals surface area contributed by atoms with Gasteiger partial charge in [0.1, 0.15) is 0 Å². The molecular formula is C45H83NO4. The van der Waals surface area contributed by atoms with Crippen molar-refractivity contribution >= 4 is 5.91 Å². The van der Waals surface area contributed by atoms with Gasteiger partial charge in [-0.25, -0.2) is 0 Å². The molecule has 0 saturated carbocycles. The zero-order chi connectivity index (χ0) is 36.6. The van der Waals surface area contributed by atoms with Crippen LogP contribution in [0.5, 0.6) is 0 Å². The molecule has 0 rings (SSSR count). The van der Waals surface area contributed by atoms with Crippen LogP contribution >= 0.6 is 0 Å². The van der Waals surface area contributed by atoms with Crippen molar-refractivity contribution in [2.75, 3.05) is 6.61 Å². The molecule has 0 bridgehead atoms. The lowest BCUT2D eigenvalue weighted by Crippen LogP contribution is -2.45. The zero-order valence-corrected chi connectivity index (χ0v) is 33.0. The van der Waals surface area contributed by atoms with Crippen molar-refractivity contribution in [2.24, 2.45) is 0 Å². The first kappa shape index (κ1) is 48.3. The van der Waals surface area contributed by atoms with Crippen LogP contribution in [-0.4, -0.2) is 46.1 Å². The predicted molar refractivity (Wildman–Crippen MR) is 217 cm³/mol. The van der Waals surface area contributed by atoms with Crippen molar-refractivity contribution in [3.05, 3.63) is 48.6 Å². The van der Waals surface area contributed by atoms with Crippen LogP contribution in [0.4, 0.5) is 0 Å². The Morgan fingerprint density at radius 3 is 1.28 bits per heavy atom. The van der Waals surface area contributed by atoms with E-state index in [-0.39, 0.29) is 18.9 Å². The van der Waals surface area contributed by atoms with Gasteiger partial charge in [0.2, 0.25) is 5.91 Å². The summed E-state index contributed by atoms with van der Waals surface area (Å²) in [7, 11) is 0. The molecule has 0 aromatic heterocycles. The Morgan fingerprint density at radius 2 is 0.860 bits per heavy atom. The average molecular weight is 702 g/mol. The fourth-order valence-corrected chi connectivity index (χ4v) is 6.25. The number of allylic oxidation sites excluding steroid dienone is 7. The van der Waals surface area contributed by atoms with Crippen molar-refractivity contribution in [2.45, 2.75) is 225 Å². The lowest BCUT2D eigenvalue weighted by molar-refractivity contribution is -0.124. The van der Waals surface area contributed by atoms with Gasteiger partial charge in [0, 0.05) is 0 Å². The smallest absolute Gasteiger partial charge is 0.222 e. The third kappa shape index (κ3) is 36.1. The third-order valence-electron chi connectivity index (χ3n) is 9.57. The molecule has 292 valence electrons. The number of hydrogen-bond donors (Lipinski definition) is 4. The van der Waals surface area contributed by atoms with Crippen LogP contribution < -0.4 is 5.32 Å². The Morgan fingerprint density at radius 1 is 0.500 bits per heavy atom. The SMILES string of the molecule is CCCCCCCCCC/C=C\CCCCCCCC(O)CC(=O)NC(CO)C(O)/C=C/CC/C=C/CC/C=C/CCCCCCCCCC. The van der Waals surface area contributed by atoms with Crippen LogP contribution in [-0.2, 0) is 4.79 Å². The molecule has 3 atom stereocenters. The van der Waals surface area contributed by atoms with Crippen LogP contribution in [0.25, 0.3) is 0 Å². The summed E-state index contributed by atoms with van der Waals surface area (Å²) in [5, 5.41) is 33.2. The van der Waals surface area contributed by atoms with E-state index in [1.165, 1.54) is 128 Å². The second-order valence-corrected chi connectivity index (χ2v) is 14.6. The van der Waals surface area contributed by atoms with Gasteiger partial charge >= 0.3 is 0 Å². The van der Waals surface area contributed by atoms with Crippen LogP contribution in [0.3, 0.4) is 0 Å². The lowest BCUT2D eigenvalue weighted by atomic mass is 10.0. The number of amides is 1. The second-order valence-electron chi connectivity index (χ2n) is 14.6. The standard InChI is InChI=1S/C45H83NO4/c1-3-5-7-9-11-13-15-17-19-21-23-25-27-29-31-33-35-37-39-44(49)43(41-47)46-45(50)40-42(48)38-36-34-32-30-28-26-24-22-20-18-16-14-12-10-8-6-4-2/h21-24,29,31,37,39,42-44,47-49H,3-20,25-28,30,32-36,38,40-41H2,1-2H3,(H,46,50)/b23-21+,24-22-,31-29+,39-37+. The number of aliphatic hydroxyl groups excluding tert-OH is 3. The Hall–Kier alpha value is -1.69. The minimum atomic E-state index is -0.962. The third-order valence-corrected chi connectivity index (χ3v) is 9.57. The highest BCUT2D eigenvalue weighted by atomic mass is 16.3. The number of aliphatic hydroxyl groups is 3. The molecule has 0 aromatic rings. The summed E-state index contributed by atoms with van der Waals surface area (Å²) in [4.78, 5) is 12.4. The van der Waals surface area contributed by atoms with Crippen LogP contribution in [0.2, 0.25) is 0 Å². The molecule has 0 aromatic carbocycles. The van der Waals surface area contributed by atoms with E-state index in [4.69, 9.17) is 0 Å². The Kier molecular flexibility index (Phi) is 38.7. The molecule has 1 amide bonds. The molecule has 5 heteroatoms. The van der Waals surface area contributed by atoms with E-state index in [0.29, 0.717) is 6.42 Å². The molecular weight excluding hydrogens is 618 g/mol. The number of carbonyl (C=O) groups excluding carboxylic acids is 1. The average Bonchev–Trinajstić information content (AvgIpc) is 3.11. The molecule has 0 fully saturated rings. The van der Waals surface area contributed by atoms with Gasteiger partial charge in [-0.3, -0.25) is 4.79 Å². The molecule has 0 spiro atoms. The van der Waals surface area contributed by atoms with Crippen LogP contribution in [0.1, 0.15) is 206 Å². The highest BCUT2D eigenvalue weighted by molar-refractivity contribution is 5.76. The topological polar surface area (TPSA) is 89.8 Å². The summed E-state index contributed by atoms with van der Waals surface area (Å²) in [5.74, 6) is -0.336. The van der Waals surface area contributed by atoms with Gasteiger partial charge in [-0.05, 0) is 70.6 Å². The molecule has 0 saturated heterocycles. The highest BCUT2D eigenvalue weighted by Crippen LogP contribution is 2.13. The fourth-order valence-electron chi connectivity index (χ4n) is 6.25. The second kappa shape index (κ2) is 40.1. The maximum atomic E-state index is 12.4. The van der Waals surface area contributed by atoms with Crippen LogP contribution in [0.15, 0.2) is 48.6 Å². The zero-order valence-electron chi connectivity index (χ0n) is 33.0. The lowest BCUT2D eigenvalue weighted by Gasteiger charge is -2.20. The Labute approximate surface area is 310 Å². The minimum absolute atomic E-state index is 0.00420. The number of hydrogen-bond acceptors (Lipinski definition) is 4. The van der Waals surface area contributed by atoms with Gasteiger partial charge in [0.25, 0.3) is 0 Å². The molecule has 0 aliphatic carbocycles. The van der Waals surface area contributed by atoms with Gasteiger partial charge < -0.3 is 20.6 Å². The van der Waals surface area contributed by atoms with Crippen molar-refractivity contribution in [1.29, 1.82) is 0 Å². The number of unbranched alkanes of at least 4 members (excludes halogenated alkanes) is 23. The van der Waals surface area contributed by atoms with Gasteiger partial charge in [-0.2, -0.15) is 0 Å². The quantitative estimate of drug-likeness (QED) is 0.0381. The number of carbonyl (C=O) groups is 1. The summed E-state index contributed by atoms with van der Waals surface area (Å²) in [6.07, 6.45) is 51.0. The van der Waals surface area contributed by atoms with Gasteiger partial charge in [-0.15, -0.1) is 0 Å². The maximum Gasteiger partial charge on any atom is 0.222 e. The van der Waals surface area contributed by atoms with E-state index in [1.807, 2.05) is 6.08 Å². The molecule has 50 heavy (non-hydrogen) atoms. The van der Waals surface area contributed by atoms with Crippen molar-refractivity contribution in [3.8, 4) is 0 Å². The van der Waals surface area contributed by atoms with Gasteiger partial charge in [0.15, 0.2) is 0 Å². The van der Waals surface area contributed by atoms with Gasteiger partial charge in [0.05, 0.1) is 31.3 Å². The van der Waals surface area contributed by atoms with E-state index < -0.39 is 18.2 Å². The monoisotopic (exact) mass is 702 g/mol. The van der Waals surface area contributed by atoms with E-state index in [9.17, 15) is 20.1 Å². The summed E-state index contributed by atoms with van der Waals surface area (Å²) >= 11 is 0. The Balaban J connectivity index is 3.78. The van der Waals surface area contributed by atoms with Gasteiger partial charge in [-0.1, -0.05) is 178 Å². The molecule has 5 nitrogen and oxygen atoms in total. The predicted octanol–water partition coefficient (Wildman–Crippen LogP) is 12.2. The van der Waals surface area contributed by atoms with Crippen LogP contribution in [0, 0.1) is 0 Å². The molecule has 0 aliphatic rings. The first-order valence-electron chi connectivity index (χ1n) is 21.4. The summed E-state index contributed by atoms with van der Waals surface area (Å²) in [6.45, 7) is 4.18. The van der Waals surface area contributed by atoms with E-state index in [0.717, 1.165) is 51.4 Å². The normalized spacial score (nSPS) is 14.1. The first-order valence-corrected chi connectivity index (χ1v) is 21.4. The Bertz CT molecular complexity index is 820. The molecule has 0 heterocycles. The van der Waals surface area contributed by atoms with Crippen molar-refractivity contribution in [3.63, 3.8) is 0 Å². The van der Waals surface area contributed by atoms with E-state index in [1.54, 1.807) is 6.08 Å². The maximum absolute atomic E-state index is 12.4. The molecule has 0 radical (unpaired) electrons. The number of nitrogens with one attached hydrogen (secondary N) is 1. The summed E-state index contributed by atoms with van der Waals surface area (Å²) in [6, 6.07) is -0.770. The highest BCUT2D eigenvalue weighted by Gasteiger charge is 2.20. The largest absolute Gasteiger partial charge is 0.394 e. The summed E-state index contributed by atoms with van der Waals surface area (Å²) < 4.78 is 0. The van der Waals surface area contributed by atoms with Crippen molar-refractivity contribution < 1.29 is 20.1 Å². The summed E-state index contributed by atoms with van der Waals surface area (Å²) in [5.41, 5.74) is 0. The van der Waals surface area contributed by atoms with Crippen molar-refractivity contribution in [1.82, 2.24) is 5.32 Å². The minimum Gasteiger partial charge on any atom is -0.394 e. The molecule has 4 N–H and O–H groups in total. The van der Waals surface area contributed by atoms with E-state index in [2.05, 4.69) is 55.6 Å².